The first kappa shape index (κ1) is 14.9. The summed E-state index contributed by atoms with van der Waals surface area (Å²) in [4.78, 5) is 2.37. The van der Waals surface area contributed by atoms with Crippen molar-refractivity contribution < 1.29 is 9.47 Å². The van der Waals surface area contributed by atoms with Crippen molar-refractivity contribution in [3.63, 3.8) is 0 Å². The Kier molecular flexibility index (Phi) is 7.77. The number of hydrogen-bond acceptors (Lipinski definition) is 4. The predicted molar refractivity (Wildman–Crippen MR) is 70.2 cm³/mol. The van der Waals surface area contributed by atoms with Gasteiger partial charge in [0.1, 0.15) is 0 Å². The molecule has 102 valence electrons. The standard InChI is InChI=1S/C13H28N2O2/c1-4-16-13(17-5-2)8-10-15(3)11-12-7-6-9-14-12/h12-14H,4-11H2,1-3H3. The van der Waals surface area contributed by atoms with Crippen LogP contribution in [0.5, 0.6) is 0 Å². The highest BCUT2D eigenvalue weighted by atomic mass is 16.7. The zero-order valence-electron chi connectivity index (χ0n) is 11.6. The maximum Gasteiger partial charge on any atom is 0.158 e. The minimum Gasteiger partial charge on any atom is -0.353 e. The van der Waals surface area contributed by atoms with E-state index in [0.717, 1.165) is 32.7 Å². The number of rotatable bonds is 9. The van der Waals surface area contributed by atoms with E-state index in [-0.39, 0.29) is 6.29 Å². The van der Waals surface area contributed by atoms with Crippen LogP contribution in [0.4, 0.5) is 0 Å². The van der Waals surface area contributed by atoms with Crippen LogP contribution in [0.25, 0.3) is 0 Å². The summed E-state index contributed by atoms with van der Waals surface area (Å²) in [5.41, 5.74) is 0. The third-order valence-corrected chi connectivity index (χ3v) is 3.15. The second kappa shape index (κ2) is 8.86. The molecular weight excluding hydrogens is 216 g/mol. The monoisotopic (exact) mass is 244 g/mol. The molecule has 0 aromatic rings. The topological polar surface area (TPSA) is 33.7 Å². The molecule has 17 heavy (non-hydrogen) atoms. The fourth-order valence-electron chi connectivity index (χ4n) is 2.29. The molecule has 0 bridgehead atoms. The molecule has 0 amide bonds. The molecule has 4 heteroatoms. The van der Waals surface area contributed by atoms with Gasteiger partial charge in [0.15, 0.2) is 6.29 Å². The molecule has 1 N–H and O–H groups in total. The van der Waals surface area contributed by atoms with Crippen molar-refractivity contribution >= 4 is 0 Å². The number of nitrogens with zero attached hydrogens (tertiary/aromatic N) is 1. The molecule has 1 saturated heterocycles. The quantitative estimate of drug-likeness (QED) is 0.623. The third-order valence-electron chi connectivity index (χ3n) is 3.15. The number of hydrogen-bond donors (Lipinski definition) is 1. The molecule has 4 nitrogen and oxygen atoms in total. The summed E-state index contributed by atoms with van der Waals surface area (Å²) in [6, 6.07) is 0.678. The van der Waals surface area contributed by atoms with Gasteiger partial charge < -0.3 is 19.7 Å². The summed E-state index contributed by atoms with van der Waals surface area (Å²) >= 11 is 0. The smallest absolute Gasteiger partial charge is 0.158 e. The fourth-order valence-corrected chi connectivity index (χ4v) is 2.29. The van der Waals surface area contributed by atoms with Crippen molar-refractivity contribution in [2.75, 3.05) is 39.9 Å². The molecule has 1 aliphatic rings. The van der Waals surface area contributed by atoms with Crippen molar-refractivity contribution in [2.24, 2.45) is 0 Å². The Labute approximate surface area is 106 Å². The second-order valence-electron chi connectivity index (χ2n) is 4.68. The third kappa shape index (κ3) is 6.36. The van der Waals surface area contributed by atoms with Crippen LogP contribution < -0.4 is 5.32 Å². The lowest BCUT2D eigenvalue weighted by atomic mass is 10.2. The molecule has 1 atom stereocenters. The average Bonchev–Trinajstić information content (AvgIpc) is 2.79. The second-order valence-corrected chi connectivity index (χ2v) is 4.68. The van der Waals surface area contributed by atoms with Gasteiger partial charge in [-0.25, -0.2) is 0 Å². The van der Waals surface area contributed by atoms with E-state index in [0.29, 0.717) is 6.04 Å². The molecule has 1 rings (SSSR count). The van der Waals surface area contributed by atoms with Gasteiger partial charge in [0.05, 0.1) is 0 Å². The average molecular weight is 244 g/mol. The van der Waals surface area contributed by atoms with Crippen LogP contribution in [-0.4, -0.2) is 57.1 Å². The number of ether oxygens (including phenoxy) is 2. The van der Waals surface area contributed by atoms with Gasteiger partial charge in [-0.3, -0.25) is 0 Å². The highest BCUT2D eigenvalue weighted by Crippen LogP contribution is 2.07. The van der Waals surface area contributed by atoms with Crippen LogP contribution >= 0.6 is 0 Å². The van der Waals surface area contributed by atoms with E-state index >= 15 is 0 Å². The number of nitrogens with one attached hydrogen (secondary N) is 1. The van der Waals surface area contributed by atoms with Gasteiger partial charge in [-0.2, -0.15) is 0 Å². The molecule has 0 saturated carbocycles. The molecule has 0 spiro atoms. The molecule has 1 unspecified atom stereocenters. The van der Waals surface area contributed by atoms with E-state index in [1.165, 1.54) is 19.4 Å². The van der Waals surface area contributed by atoms with Crippen molar-refractivity contribution in [3.05, 3.63) is 0 Å². The Morgan fingerprint density at radius 3 is 2.53 bits per heavy atom. The van der Waals surface area contributed by atoms with Gasteiger partial charge in [0.25, 0.3) is 0 Å². The van der Waals surface area contributed by atoms with Gasteiger partial charge in [0.2, 0.25) is 0 Å². The van der Waals surface area contributed by atoms with Crippen LogP contribution in [0, 0.1) is 0 Å². The predicted octanol–water partition coefficient (Wildman–Crippen LogP) is 1.46. The molecule has 1 aliphatic heterocycles. The van der Waals surface area contributed by atoms with Crippen LogP contribution in [-0.2, 0) is 9.47 Å². The van der Waals surface area contributed by atoms with Gasteiger partial charge >= 0.3 is 0 Å². The van der Waals surface area contributed by atoms with Crippen molar-refractivity contribution in [1.29, 1.82) is 0 Å². The van der Waals surface area contributed by atoms with E-state index in [4.69, 9.17) is 9.47 Å². The lowest BCUT2D eigenvalue weighted by Gasteiger charge is -2.24. The van der Waals surface area contributed by atoms with Gasteiger partial charge in [-0.15, -0.1) is 0 Å². The van der Waals surface area contributed by atoms with Gasteiger partial charge in [0, 0.05) is 38.8 Å². The minimum atomic E-state index is -0.0380. The minimum absolute atomic E-state index is 0.0380. The zero-order chi connectivity index (χ0) is 12.5. The van der Waals surface area contributed by atoms with Crippen molar-refractivity contribution in [2.45, 2.75) is 45.4 Å². The summed E-state index contributed by atoms with van der Waals surface area (Å²) in [6.45, 7) is 8.81. The van der Waals surface area contributed by atoms with Gasteiger partial charge in [-0.1, -0.05) is 0 Å². The first-order valence-corrected chi connectivity index (χ1v) is 6.91. The molecular formula is C13H28N2O2. The Balaban J connectivity index is 2.13. The first-order valence-electron chi connectivity index (χ1n) is 6.91. The first-order chi connectivity index (χ1) is 8.26. The molecule has 0 aliphatic carbocycles. The highest BCUT2D eigenvalue weighted by molar-refractivity contribution is 4.76. The summed E-state index contributed by atoms with van der Waals surface area (Å²) < 4.78 is 11.1. The number of likely N-dealkylation sites (N-methyl/N-ethyl adjacent to an activating group) is 1. The van der Waals surface area contributed by atoms with Crippen LogP contribution in [0.2, 0.25) is 0 Å². The fraction of sp³-hybridized carbons (Fsp3) is 1.00. The zero-order valence-corrected chi connectivity index (χ0v) is 11.6. The Bertz CT molecular complexity index is 178. The Morgan fingerprint density at radius 1 is 1.29 bits per heavy atom. The lowest BCUT2D eigenvalue weighted by molar-refractivity contribution is -0.141. The normalized spacial score (nSPS) is 20.6. The largest absolute Gasteiger partial charge is 0.353 e. The molecule has 0 aromatic carbocycles. The maximum absolute atomic E-state index is 5.54. The van der Waals surface area contributed by atoms with E-state index in [9.17, 15) is 0 Å². The molecule has 0 aromatic heterocycles. The van der Waals surface area contributed by atoms with Crippen LogP contribution in [0.3, 0.4) is 0 Å². The Hall–Kier alpha value is -0.160. The van der Waals surface area contributed by atoms with E-state index in [1.54, 1.807) is 0 Å². The lowest BCUT2D eigenvalue weighted by Crippen LogP contribution is -2.37. The molecule has 1 fully saturated rings. The Morgan fingerprint density at radius 2 is 2.00 bits per heavy atom. The van der Waals surface area contributed by atoms with Gasteiger partial charge in [-0.05, 0) is 40.3 Å². The van der Waals surface area contributed by atoms with E-state index < -0.39 is 0 Å². The van der Waals surface area contributed by atoms with E-state index in [1.807, 2.05) is 13.8 Å². The van der Waals surface area contributed by atoms with Crippen LogP contribution in [0.1, 0.15) is 33.1 Å². The van der Waals surface area contributed by atoms with Crippen molar-refractivity contribution in [3.8, 4) is 0 Å². The maximum atomic E-state index is 5.54. The summed E-state index contributed by atoms with van der Waals surface area (Å²) in [5, 5.41) is 3.52. The van der Waals surface area contributed by atoms with Crippen LogP contribution in [0.15, 0.2) is 0 Å². The molecule has 1 heterocycles. The summed E-state index contributed by atoms with van der Waals surface area (Å²) in [6.07, 6.45) is 3.54. The molecule has 0 radical (unpaired) electrons. The highest BCUT2D eigenvalue weighted by Gasteiger charge is 2.16. The SMILES string of the molecule is CCOC(CCN(C)CC1CCCN1)OCC. The van der Waals surface area contributed by atoms with E-state index in [2.05, 4.69) is 17.3 Å². The van der Waals surface area contributed by atoms with Crippen molar-refractivity contribution in [1.82, 2.24) is 10.2 Å². The summed E-state index contributed by atoms with van der Waals surface area (Å²) in [5.74, 6) is 0. The summed E-state index contributed by atoms with van der Waals surface area (Å²) in [7, 11) is 2.18.